The van der Waals surface area contributed by atoms with Gasteiger partial charge in [0.15, 0.2) is 0 Å². The molecule has 0 saturated heterocycles. The lowest BCUT2D eigenvalue weighted by atomic mass is 10.2. The van der Waals surface area contributed by atoms with Gasteiger partial charge in [-0.1, -0.05) is 22.6 Å². The van der Waals surface area contributed by atoms with Gasteiger partial charge in [-0.25, -0.2) is 0 Å². The van der Waals surface area contributed by atoms with Crippen molar-refractivity contribution in [3.05, 3.63) is 30.1 Å². The second-order valence-corrected chi connectivity index (χ2v) is 3.26. The van der Waals surface area contributed by atoms with Crippen LogP contribution in [-0.4, -0.2) is 21.9 Å². The van der Waals surface area contributed by atoms with Crippen LogP contribution in [0, 0.1) is 0 Å². The van der Waals surface area contributed by atoms with Gasteiger partial charge < -0.3 is 5.32 Å². The van der Waals surface area contributed by atoms with Gasteiger partial charge in [-0.2, -0.15) is 0 Å². The second-order valence-electron chi connectivity index (χ2n) is 2.18. The van der Waals surface area contributed by atoms with Crippen LogP contribution in [-0.2, 0) is 0 Å². The first-order valence-electron chi connectivity index (χ1n) is 3.59. The minimum Gasteiger partial charge on any atom is -0.351 e. The van der Waals surface area contributed by atoms with E-state index < -0.39 is 0 Å². The predicted molar refractivity (Wildman–Crippen MR) is 55.5 cm³/mol. The molecule has 0 fully saturated rings. The zero-order valence-electron chi connectivity index (χ0n) is 6.46. The lowest BCUT2D eigenvalue weighted by Gasteiger charge is -2.00. The number of nitrogens with one attached hydrogen (secondary N) is 1. The van der Waals surface area contributed by atoms with Crippen molar-refractivity contribution < 1.29 is 4.79 Å². The fourth-order valence-corrected chi connectivity index (χ4v) is 1.04. The van der Waals surface area contributed by atoms with Crippen LogP contribution in [0.4, 0.5) is 0 Å². The molecule has 3 nitrogen and oxygen atoms in total. The summed E-state index contributed by atoms with van der Waals surface area (Å²) < 4.78 is 0.925. The topological polar surface area (TPSA) is 42.0 Å². The van der Waals surface area contributed by atoms with Crippen LogP contribution in [0.1, 0.15) is 10.4 Å². The molecule has 0 radical (unpaired) electrons. The molecule has 0 aliphatic heterocycles. The molecular weight excluding hydrogens is 267 g/mol. The highest BCUT2D eigenvalue weighted by atomic mass is 127. The van der Waals surface area contributed by atoms with Crippen LogP contribution in [0.15, 0.2) is 24.5 Å². The maximum absolute atomic E-state index is 11.3. The van der Waals surface area contributed by atoms with Crippen LogP contribution < -0.4 is 5.32 Å². The zero-order chi connectivity index (χ0) is 8.81. The number of pyridine rings is 1. The van der Waals surface area contributed by atoms with Crippen molar-refractivity contribution in [3.63, 3.8) is 0 Å². The number of aromatic nitrogens is 1. The number of halogens is 1. The van der Waals surface area contributed by atoms with Crippen LogP contribution in [0.3, 0.4) is 0 Å². The Morgan fingerprint density at radius 2 is 2.17 bits per heavy atom. The van der Waals surface area contributed by atoms with Crippen LogP contribution in [0.5, 0.6) is 0 Å². The van der Waals surface area contributed by atoms with E-state index in [0.29, 0.717) is 12.1 Å². The summed E-state index contributed by atoms with van der Waals surface area (Å²) in [6.45, 7) is 0.710. The molecule has 0 bridgehead atoms. The largest absolute Gasteiger partial charge is 0.351 e. The highest BCUT2D eigenvalue weighted by Crippen LogP contribution is 1.94. The maximum Gasteiger partial charge on any atom is 0.251 e. The van der Waals surface area contributed by atoms with E-state index in [9.17, 15) is 4.79 Å². The summed E-state index contributed by atoms with van der Waals surface area (Å²) in [4.78, 5) is 15.1. The van der Waals surface area contributed by atoms with Crippen LogP contribution >= 0.6 is 22.6 Å². The molecule has 1 aromatic rings. The summed E-state index contributed by atoms with van der Waals surface area (Å²) in [5.41, 5.74) is 0.662. The second kappa shape index (κ2) is 5.08. The number of carbonyl (C=O) groups is 1. The Balaban J connectivity index is 2.54. The molecule has 12 heavy (non-hydrogen) atoms. The quantitative estimate of drug-likeness (QED) is 0.666. The molecule has 4 heteroatoms. The Bertz CT molecular complexity index is 250. The molecule has 0 aliphatic rings. The molecule has 1 aromatic heterocycles. The number of hydrogen-bond donors (Lipinski definition) is 1. The SMILES string of the molecule is O=C(NCCI)c1ccncc1. The fraction of sp³-hybridized carbons (Fsp3) is 0.250. The number of carbonyl (C=O) groups excluding carboxylic acids is 1. The lowest BCUT2D eigenvalue weighted by Crippen LogP contribution is -2.24. The molecule has 0 atom stereocenters. The van der Waals surface area contributed by atoms with Crippen LogP contribution in [0.2, 0.25) is 0 Å². The van der Waals surface area contributed by atoms with Gasteiger partial charge in [0.2, 0.25) is 0 Å². The van der Waals surface area contributed by atoms with Crippen molar-refractivity contribution in [3.8, 4) is 0 Å². The summed E-state index contributed by atoms with van der Waals surface area (Å²) in [6, 6.07) is 3.39. The molecule has 0 saturated carbocycles. The van der Waals surface area contributed by atoms with Gasteiger partial charge in [-0.3, -0.25) is 9.78 Å². The first-order chi connectivity index (χ1) is 5.84. The Kier molecular flexibility index (Phi) is 3.99. The van der Waals surface area contributed by atoms with E-state index in [2.05, 4.69) is 32.9 Å². The molecule has 0 spiro atoms. The van der Waals surface area contributed by atoms with Crippen molar-refractivity contribution in [2.24, 2.45) is 0 Å². The van der Waals surface area contributed by atoms with Gasteiger partial charge in [0.25, 0.3) is 5.91 Å². The first-order valence-corrected chi connectivity index (χ1v) is 5.11. The summed E-state index contributed by atoms with van der Waals surface area (Å²) in [5.74, 6) is -0.0333. The summed E-state index contributed by atoms with van der Waals surface area (Å²) in [5, 5.41) is 2.77. The standard InChI is InChI=1S/C8H9IN2O/c9-3-6-11-8(12)7-1-4-10-5-2-7/h1-2,4-5H,3,6H2,(H,11,12). The first kappa shape index (κ1) is 9.44. The summed E-state index contributed by atoms with van der Waals surface area (Å²) in [7, 11) is 0. The van der Waals surface area contributed by atoms with Crippen molar-refractivity contribution in [1.82, 2.24) is 10.3 Å². The van der Waals surface area contributed by atoms with E-state index in [1.165, 1.54) is 0 Å². The monoisotopic (exact) mass is 276 g/mol. The minimum absolute atomic E-state index is 0.0333. The van der Waals surface area contributed by atoms with E-state index in [1.54, 1.807) is 24.5 Å². The van der Waals surface area contributed by atoms with Gasteiger partial charge in [-0.05, 0) is 12.1 Å². The number of nitrogens with zero attached hydrogens (tertiary/aromatic N) is 1. The van der Waals surface area contributed by atoms with E-state index in [1.807, 2.05) is 0 Å². The highest BCUT2D eigenvalue weighted by Gasteiger charge is 2.01. The van der Waals surface area contributed by atoms with E-state index in [0.717, 1.165) is 4.43 Å². The van der Waals surface area contributed by atoms with Gasteiger partial charge in [-0.15, -0.1) is 0 Å². The third kappa shape index (κ3) is 2.77. The lowest BCUT2D eigenvalue weighted by molar-refractivity contribution is 0.0956. The van der Waals surface area contributed by atoms with Crippen LogP contribution in [0.25, 0.3) is 0 Å². The predicted octanol–water partition coefficient (Wildman–Crippen LogP) is 1.25. The highest BCUT2D eigenvalue weighted by molar-refractivity contribution is 14.1. The smallest absolute Gasteiger partial charge is 0.251 e. The van der Waals surface area contributed by atoms with E-state index in [4.69, 9.17) is 0 Å². The molecule has 64 valence electrons. The van der Waals surface area contributed by atoms with Gasteiger partial charge in [0.1, 0.15) is 0 Å². The minimum atomic E-state index is -0.0333. The molecule has 0 aromatic carbocycles. The average molecular weight is 276 g/mol. The summed E-state index contributed by atoms with van der Waals surface area (Å²) in [6.07, 6.45) is 3.22. The Hall–Kier alpha value is -0.650. The number of amides is 1. The Morgan fingerprint density at radius 1 is 1.50 bits per heavy atom. The third-order valence-corrected chi connectivity index (χ3v) is 1.86. The zero-order valence-corrected chi connectivity index (χ0v) is 8.61. The fourth-order valence-electron chi connectivity index (χ4n) is 0.766. The molecule has 0 aliphatic carbocycles. The van der Waals surface area contributed by atoms with Gasteiger partial charge >= 0.3 is 0 Å². The maximum atomic E-state index is 11.3. The number of hydrogen-bond acceptors (Lipinski definition) is 2. The normalized spacial score (nSPS) is 9.42. The van der Waals surface area contributed by atoms with E-state index >= 15 is 0 Å². The van der Waals surface area contributed by atoms with Crippen molar-refractivity contribution in [2.75, 3.05) is 11.0 Å². The molecule has 1 rings (SSSR count). The Morgan fingerprint density at radius 3 is 2.75 bits per heavy atom. The molecule has 1 amide bonds. The summed E-state index contributed by atoms with van der Waals surface area (Å²) >= 11 is 2.21. The van der Waals surface area contributed by atoms with Crippen molar-refractivity contribution >= 4 is 28.5 Å². The molecular formula is C8H9IN2O. The third-order valence-electron chi connectivity index (χ3n) is 1.32. The number of alkyl halides is 1. The Labute approximate surface area is 84.7 Å². The molecule has 1 N–H and O–H groups in total. The van der Waals surface area contributed by atoms with E-state index in [-0.39, 0.29) is 5.91 Å². The van der Waals surface area contributed by atoms with Crippen molar-refractivity contribution in [2.45, 2.75) is 0 Å². The molecule has 0 unspecified atom stereocenters. The van der Waals surface area contributed by atoms with Gasteiger partial charge in [0.05, 0.1) is 0 Å². The number of rotatable bonds is 3. The average Bonchev–Trinajstić information content (AvgIpc) is 2.15. The van der Waals surface area contributed by atoms with Gasteiger partial charge in [0, 0.05) is 28.9 Å². The van der Waals surface area contributed by atoms with Crippen molar-refractivity contribution in [1.29, 1.82) is 0 Å². The molecule has 1 heterocycles.